The fourth-order valence-electron chi connectivity index (χ4n) is 0.701. The van der Waals surface area contributed by atoms with Crippen molar-refractivity contribution in [2.75, 3.05) is 0 Å². The molecule has 0 aliphatic heterocycles. The van der Waals surface area contributed by atoms with Crippen LogP contribution in [0.5, 0.6) is 0 Å². The Bertz CT molecular complexity index is 349. The molecule has 0 fully saturated rings. The van der Waals surface area contributed by atoms with E-state index in [1.54, 1.807) is 12.1 Å². The molecule has 0 aliphatic carbocycles. The first-order chi connectivity index (χ1) is 5.00. The van der Waals surface area contributed by atoms with Crippen molar-refractivity contribution in [2.24, 2.45) is 0 Å². The maximum Gasteiger partial charge on any atom is 1.00 e. The second kappa shape index (κ2) is 4.63. The van der Waals surface area contributed by atoms with Crippen molar-refractivity contribution >= 4 is 19.7 Å². The Labute approximate surface area is 100 Å². The van der Waals surface area contributed by atoms with Gasteiger partial charge in [0.15, 0.2) is 0 Å². The molecule has 0 amide bonds. The zero-order valence-electron chi connectivity index (χ0n) is 7.91. The van der Waals surface area contributed by atoms with E-state index >= 15 is 0 Å². The van der Waals surface area contributed by atoms with Gasteiger partial charge in [-0.3, -0.25) is 0 Å². The molecule has 0 radical (unpaired) electrons. The van der Waals surface area contributed by atoms with Crippen molar-refractivity contribution in [3.63, 3.8) is 0 Å². The molecule has 1 aromatic rings. The van der Waals surface area contributed by atoms with Gasteiger partial charge in [0.2, 0.25) is 0 Å². The van der Waals surface area contributed by atoms with Crippen LogP contribution in [0.1, 0.15) is 6.99 Å². The average Bonchev–Trinajstić information content (AvgIpc) is 1.86. The minimum atomic E-state index is -3.55. The summed E-state index contributed by atoms with van der Waals surface area (Å²) < 4.78 is 21.4. The summed E-state index contributed by atoms with van der Waals surface area (Å²) in [5.74, 6) is 0. The zero-order valence-corrected chi connectivity index (χ0v) is 10.5. The molecule has 0 bridgehead atoms. The molecule has 0 atom stereocenters. The van der Waals surface area contributed by atoms with Crippen molar-refractivity contribution < 1.29 is 39.4 Å². The molecule has 1 aromatic carbocycles. The van der Waals surface area contributed by atoms with Gasteiger partial charge >= 0.3 is 29.6 Å². The zero-order chi connectivity index (χ0) is 8.48. The van der Waals surface area contributed by atoms with Crippen molar-refractivity contribution in [1.82, 2.24) is 0 Å². The van der Waals surface area contributed by atoms with E-state index in [9.17, 15) is 8.42 Å². The summed E-state index contributed by atoms with van der Waals surface area (Å²) in [6, 6.07) is 6.37. The maximum atomic E-state index is 10.7. The Morgan fingerprint density at radius 3 is 2.00 bits per heavy atom. The van der Waals surface area contributed by atoms with E-state index in [0.29, 0.717) is 0 Å². The predicted molar refractivity (Wildman–Crippen MR) is 45.3 cm³/mol. The molecule has 1 rings (SSSR count). The number of halogens is 1. The molecule has 0 heterocycles. The molecule has 62 valence electrons. The van der Waals surface area contributed by atoms with E-state index in [4.69, 9.17) is 10.7 Å². The van der Waals surface area contributed by atoms with Gasteiger partial charge in [-0.25, -0.2) is 8.42 Å². The number of benzene rings is 1. The minimum absolute atomic E-state index is 0. The molecule has 12 heavy (non-hydrogen) atoms. The summed E-state index contributed by atoms with van der Waals surface area (Å²) in [6.07, 6.45) is 0. The molecule has 0 unspecified atom stereocenters. The molecular weight excluding hydrogens is 207 g/mol. The molecule has 2 nitrogen and oxygen atoms in total. The standard InChI is InChI=1S/C7H7ClO2S.Na.H/c1-6-2-4-7(5-3-6)11(8,9)10;;/h2-5H,1H3;;/q;+1;-1. The predicted octanol–water partition coefficient (Wildman–Crippen LogP) is -0.961. The summed E-state index contributed by atoms with van der Waals surface area (Å²) >= 11 is 0. The van der Waals surface area contributed by atoms with E-state index in [1.165, 1.54) is 12.1 Å². The number of hydrogen-bond donors (Lipinski definition) is 0. The largest absolute Gasteiger partial charge is 1.00 e. The molecule has 0 saturated heterocycles. The van der Waals surface area contributed by atoms with Crippen LogP contribution in [0.3, 0.4) is 0 Å². The van der Waals surface area contributed by atoms with Gasteiger partial charge in [0.05, 0.1) is 4.90 Å². The van der Waals surface area contributed by atoms with Gasteiger partial charge < -0.3 is 1.43 Å². The fourth-order valence-corrected chi connectivity index (χ4v) is 1.47. The van der Waals surface area contributed by atoms with Gasteiger partial charge in [0, 0.05) is 10.7 Å². The Hall–Kier alpha value is 0.460. The summed E-state index contributed by atoms with van der Waals surface area (Å²) in [7, 11) is 1.54. The van der Waals surface area contributed by atoms with Crippen LogP contribution in [-0.4, -0.2) is 8.42 Å². The SMILES string of the molecule is Cc1ccc(S(=O)(=O)Cl)cc1.[H-].[Na+]. The smallest absolute Gasteiger partial charge is 1.00 e. The minimum Gasteiger partial charge on any atom is -1.00 e. The van der Waals surface area contributed by atoms with E-state index in [0.717, 1.165) is 5.56 Å². The third kappa shape index (κ3) is 3.46. The summed E-state index contributed by atoms with van der Waals surface area (Å²) in [4.78, 5) is 0.143. The fraction of sp³-hybridized carbons (Fsp3) is 0.143. The van der Waals surface area contributed by atoms with Crippen LogP contribution >= 0.6 is 10.7 Å². The first kappa shape index (κ1) is 12.5. The van der Waals surface area contributed by atoms with Gasteiger partial charge in [-0.1, -0.05) is 17.7 Å². The summed E-state index contributed by atoms with van der Waals surface area (Å²) in [6.45, 7) is 1.88. The molecule has 0 aliphatic rings. The molecule has 0 saturated carbocycles. The topological polar surface area (TPSA) is 34.1 Å². The Morgan fingerprint density at radius 2 is 1.67 bits per heavy atom. The van der Waals surface area contributed by atoms with Crippen LogP contribution in [0.15, 0.2) is 29.2 Å². The van der Waals surface area contributed by atoms with Gasteiger partial charge in [-0.05, 0) is 19.1 Å². The van der Waals surface area contributed by atoms with Crippen molar-refractivity contribution in [2.45, 2.75) is 11.8 Å². The van der Waals surface area contributed by atoms with Gasteiger partial charge in [-0.15, -0.1) is 0 Å². The van der Waals surface area contributed by atoms with E-state index in [1.807, 2.05) is 6.92 Å². The molecule has 5 heteroatoms. The second-order valence-electron chi connectivity index (χ2n) is 2.25. The molecule has 0 aromatic heterocycles. The third-order valence-electron chi connectivity index (χ3n) is 1.30. The quantitative estimate of drug-likeness (QED) is 0.446. The van der Waals surface area contributed by atoms with E-state index < -0.39 is 9.05 Å². The molecular formula is C7H8ClNaO2S. The van der Waals surface area contributed by atoms with E-state index in [-0.39, 0.29) is 35.9 Å². The number of aryl methyl sites for hydroxylation is 1. The normalized spacial score (nSPS) is 10.5. The Kier molecular flexibility index (Phi) is 4.81. The van der Waals surface area contributed by atoms with Crippen LogP contribution in [0.4, 0.5) is 0 Å². The maximum absolute atomic E-state index is 10.7. The van der Waals surface area contributed by atoms with Crippen molar-refractivity contribution in [1.29, 1.82) is 0 Å². The van der Waals surface area contributed by atoms with Crippen LogP contribution in [0.25, 0.3) is 0 Å². The van der Waals surface area contributed by atoms with Crippen LogP contribution in [-0.2, 0) is 9.05 Å². The third-order valence-corrected chi connectivity index (χ3v) is 2.67. The van der Waals surface area contributed by atoms with Crippen molar-refractivity contribution in [3.8, 4) is 0 Å². The number of rotatable bonds is 1. The average molecular weight is 215 g/mol. The van der Waals surface area contributed by atoms with Crippen LogP contribution in [0, 0.1) is 6.92 Å². The van der Waals surface area contributed by atoms with Gasteiger partial charge in [0.25, 0.3) is 9.05 Å². The van der Waals surface area contributed by atoms with Crippen LogP contribution in [0.2, 0.25) is 0 Å². The monoisotopic (exact) mass is 214 g/mol. The molecule has 0 spiro atoms. The summed E-state index contributed by atoms with van der Waals surface area (Å²) in [5, 5.41) is 0. The first-order valence-corrected chi connectivity index (χ1v) is 5.32. The molecule has 0 N–H and O–H groups in total. The van der Waals surface area contributed by atoms with Gasteiger partial charge in [-0.2, -0.15) is 0 Å². The second-order valence-corrected chi connectivity index (χ2v) is 4.82. The van der Waals surface area contributed by atoms with E-state index in [2.05, 4.69) is 0 Å². The first-order valence-electron chi connectivity index (χ1n) is 3.01. The van der Waals surface area contributed by atoms with Crippen molar-refractivity contribution in [3.05, 3.63) is 29.8 Å². The van der Waals surface area contributed by atoms with Crippen LogP contribution < -0.4 is 29.6 Å². The van der Waals surface area contributed by atoms with Gasteiger partial charge in [0.1, 0.15) is 0 Å². The number of hydrogen-bond acceptors (Lipinski definition) is 2. The Balaban J connectivity index is 0. The summed E-state index contributed by atoms with van der Waals surface area (Å²) in [5.41, 5.74) is 1.01. The Morgan fingerprint density at radius 1 is 1.25 bits per heavy atom.